The highest BCUT2D eigenvalue weighted by molar-refractivity contribution is 7.52. The average Bonchev–Trinajstić information content (AvgIpc) is 2.53. The van der Waals surface area contributed by atoms with Gasteiger partial charge in [0.1, 0.15) is 12.4 Å². The highest BCUT2D eigenvalue weighted by Gasteiger charge is 2.31. The molecule has 14 heavy (non-hydrogen) atoms. The van der Waals surface area contributed by atoms with Crippen LogP contribution in [0.2, 0.25) is 0 Å². The first-order chi connectivity index (χ1) is 6.41. The van der Waals surface area contributed by atoms with Crippen LogP contribution in [0.4, 0.5) is 4.39 Å². The molecule has 0 aliphatic rings. The maximum atomic E-state index is 12.8. The van der Waals surface area contributed by atoms with Crippen LogP contribution in [0.25, 0.3) is 0 Å². The van der Waals surface area contributed by atoms with E-state index >= 15 is 0 Å². The van der Waals surface area contributed by atoms with Crippen molar-refractivity contribution in [3.8, 4) is 0 Å². The molecule has 2 atom stereocenters. The van der Waals surface area contributed by atoms with E-state index in [9.17, 15) is 14.1 Å². The smallest absolute Gasteiger partial charge is 0.359 e. The van der Waals surface area contributed by atoms with Crippen molar-refractivity contribution in [1.29, 1.82) is 0 Å². The summed E-state index contributed by atoms with van der Waals surface area (Å²) < 4.78 is 23.2. The van der Waals surface area contributed by atoms with Crippen LogP contribution < -0.4 is 0 Å². The van der Waals surface area contributed by atoms with Gasteiger partial charge in [-0.1, -0.05) is 0 Å². The van der Waals surface area contributed by atoms with E-state index in [2.05, 4.69) is 15.2 Å². The van der Waals surface area contributed by atoms with Crippen LogP contribution in [0.1, 0.15) is 18.3 Å². The summed E-state index contributed by atoms with van der Waals surface area (Å²) >= 11 is 0. The van der Waals surface area contributed by atoms with E-state index in [0.717, 1.165) is 6.33 Å². The number of rotatable bonds is 4. The number of aromatic nitrogens is 3. The first-order valence-corrected chi connectivity index (χ1v) is 5.32. The normalized spacial score (nSPS) is 16.6. The van der Waals surface area contributed by atoms with Gasteiger partial charge in [0.25, 0.3) is 0 Å². The second-order valence-electron chi connectivity index (χ2n) is 2.65. The Morgan fingerprint density at radius 1 is 1.64 bits per heavy atom. The monoisotopic (exact) mass is 225 g/mol. The molecule has 0 aliphatic carbocycles. The molecule has 80 valence electrons. The lowest BCUT2D eigenvalue weighted by molar-refractivity contribution is 0.130. The third kappa shape index (κ3) is 2.85. The Morgan fingerprint density at radius 2 is 2.29 bits per heavy atom. The molecule has 0 saturated carbocycles. The number of aromatic amines is 1. The van der Waals surface area contributed by atoms with Crippen LogP contribution in [-0.4, -0.2) is 36.0 Å². The van der Waals surface area contributed by atoms with Crippen LogP contribution in [0.5, 0.6) is 0 Å². The van der Waals surface area contributed by atoms with Crippen LogP contribution >= 0.6 is 7.60 Å². The second-order valence-corrected chi connectivity index (χ2v) is 4.38. The highest BCUT2D eigenvalue weighted by Crippen LogP contribution is 2.45. The molecule has 0 spiro atoms. The number of H-pyrrole nitrogens is 1. The van der Waals surface area contributed by atoms with Gasteiger partial charge in [0.05, 0.1) is 0 Å². The van der Waals surface area contributed by atoms with Crippen molar-refractivity contribution in [2.24, 2.45) is 0 Å². The molecule has 1 aromatic heterocycles. The molecule has 0 aliphatic heterocycles. The summed E-state index contributed by atoms with van der Waals surface area (Å²) in [5.41, 5.74) is 0. The van der Waals surface area contributed by atoms with Gasteiger partial charge in [-0.15, -0.1) is 0 Å². The predicted octanol–water partition coefficient (Wildman–Crippen LogP) is -0.299. The summed E-state index contributed by atoms with van der Waals surface area (Å²) in [6.07, 6.45) is -1.02. The minimum atomic E-state index is -4.80. The molecule has 0 aromatic carbocycles. The molecule has 1 unspecified atom stereocenters. The standard InChI is InChI=1S/C5H9FN3O4P/c6-4(14(11,12)13)1-3(10)5-7-2-8-9-5/h2-4,10H,1H2,(H,7,8,9)(H2,11,12,13)/t3?,4-/m1/s1. The Hall–Kier alpha value is -0.820. The fraction of sp³-hybridized carbons (Fsp3) is 0.600. The van der Waals surface area contributed by atoms with E-state index in [1.54, 1.807) is 0 Å². The third-order valence-corrected chi connectivity index (χ3v) is 2.47. The highest BCUT2D eigenvalue weighted by atomic mass is 31.2. The number of nitrogens with one attached hydrogen (secondary N) is 1. The molecule has 1 heterocycles. The Kier molecular flexibility index (Phi) is 3.33. The van der Waals surface area contributed by atoms with Gasteiger partial charge < -0.3 is 14.9 Å². The minimum Gasteiger partial charge on any atom is -0.385 e. The van der Waals surface area contributed by atoms with Crippen LogP contribution in [-0.2, 0) is 4.57 Å². The third-order valence-electron chi connectivity index (χ3n) is 1.53. The van der Waals surface area contributed by atoms with Gasteiger partial charge in [-0.25, -0.2) is 9.37 Å². The summed E-state index contributed by atoms with van der Waals surface area (Å²) in [4.78, 5) is 20.3. The number of hydrogen-bond donors (Lipinski definition) is 4. The Bertz CT molecular complexity index is 326. The van der Waals surface area contributed by atoms with Gasteiger partial charge in [-0.2, -0.15) is 5.10 Å². The summed E-state index contributed by atoms with van der Waals surface area (Å²) in [5, 5.41) is 14.9. The fourth-order valence-corrected chi connectivity index (χ4v) is 1.28. The van der Waals surface area contributed by atoms with E-state index in [1.165, 1.54) is 0 Å². The summed E-state index contributed by atoms with van der Waals surface area (Å²) in [6, 6.07) is 0. The number of nitrogens with zero attached hydrogens (tertiary/aromatic N) is 2. The lowest BCUT2D eigenvalue weighted by Gasteiger charge is -2.12. The van der Waals surface area contributed by atoms with Crippen molar-refractivity contribution in [3.63, 3.8) is 0 Å². The van der Waals surface area contributed by atoms with E-state index in [0.29, 0.717) is 0 Å². The van der Waals surface area contributed by atoms with Crippen molar-refractivity contribution in [2.75, 3.05) is 0 Å². The number of alkyl halides is 1. The molecular formula is C5H9FN3O4P. The van der Waals surface area contributed by atoms with Crippen molar-refractivity contribution in [3.05, 3.63) is 12.2 Å². The molecule has 0 fully saturated rings. The van der Waals surface area contributed by atoms with E-state index in [4.69, 9.17) is 9.79 Å². The maximum Gasteiger partial charge on any atom is 0.359 e. The molecule has 1 aromatic rings. The molecular weight excluding hydrogens is 216 g/mol. The Balaban J connectivity index is 2.58. The zero-order valence-electron chi connectivity index (χ0n) is 6.91. The molecule has 0 radical (unpaired) electrons. The van der Waals surface area contributed by atoms with Gasteiger partial charge in [0.15, 0.2) is 5.82 Å². The maximum absolute atomic E-state index is 12.8. The zero-order chi connectivity index (χ0) is 10.8. The average molecular weight is 225 g/mol. The lowest BCUT2D eigenvalue weighted by atomic mass is 10.2. The Labute approximate surface area is 78.2 Å². The van der Waals surface area contributed by atoms with Crippen LogP contribution in [0.3, 0.4) is 0 Å². The van der Waals surface area contributed by atoms with Crippen LogP contribution in [0.15, 0.2) is 6.33 Å². The second kappa shape index (κ2) is 4.14. The first-order valence-electron chi connectivity index (χ1n) is 3.64. The topological polar surface area (TPSA) is 119 Å². The predicted molar refractivity (Wildman–Crippen MR) is 42.9 cm³/mol. The van der Waals surface area contributed by atoms with Crippen molar-refractivity contribution in [1.82, 2.24) is 15.2 Å². The molecule has 9 heteroatoms. The molecule has 7 nitrogen and oxygen atoms in total. The largest absolute Gasteiger partial charge is 0.385 e. The van der Waals surface area contributed by atoms with E-state index in [1.807, 2.05) is 0 Å². The SMILES string of the molecule is O=P(O)(O)[C@@H](F)CC(O)c1ncn[nH]1. The van der Waals surface area contributed by atoms with Gasteiger partial charge >= 0.3 is 7.60 Å². The number of halogens is 1. The van der Waals surface area contributed by atoms with Crippen molar-refractivity contribution in [2.45, 2.75) is 18.4 Å². The molecule has 0 saturated heterocycles. The quantitative estimate of drug-likeness (QED) is 0.522. The number of aliphatic hydroxyl groups excluding tert-OH is 1. The van der Waals surface area contributed by atoms with Gasteiger partial charge in [0, 0.05) is 6.42 Å². The lowest BCUT2D eigenvalue weighted by Crippen LogP contribution is -2.09. The van der Waals surface area contributed by atoms with Gasteiger partial charge in [-0.05, 0) is 0 Å². The summed E-state index contributed by atoms with van der Waals surface area (Å²) in [7, 11) is -4.80. The Morgan fingerprint density at radius 3 is 2.71 bits per heavy atom. The van der Waals surface area contributed by atoms with Crippen molar-refractivity contribution >= 4 is 7.60 Å². The van der Waals surface area contributed by atoms with E-state index < -0.39 is 26.0 Å². The molecule has 0 bridgehead atoms. The zero-order valence-corrected chi connectivity index (χ0v) is 7.80. The molecule has 0 amide bonds. The summed E-state index contributed by atoms with van der Waals surface area (Å²) in [6.45, 7) is 0. The van der Waals surface area contributed by atoms with Gasteiger partial charge in [-0.3, -0.25) is 9.66 Å². The summed E-state index contributed by atoms with van der Waals surface area (Å²) in [5.74, 6) is -2.43. The number of aliphatic hydroxyl groups is 1. The first kappa shape index (κ1) is 11.3. The molecule has 1 rings (SSSR count). The van der Waals surface area contributed by atoms with Crippen LogP contribution in [0, 0.1) is 0 Å². The minimum absolute atomic E-state index is 0.0268. The van der Waals surface area contributed by atoms with Crippen molar-refractivity contribution < 1.29 is 23.8 Å². The van der Waals surface area contributed by atoms with E-state index in [-0.39, 0.29) is 5.82 Å². The molecule has 4 N–H and O–H groups in total. The number of hydrogen-bond acceptors (Lipinski definition) is 4. The fourth-order valence-electron chi connectivity index (χ4n) is 0.809. The van der Waals surface area contributed by atoms with Gasteiger partial charge in [0.2, 0.25) is 5.91 Å².